The van der Waals surface area contributed by atoms with Crippen LogP contribution in [0.2, 0.25) is 0 Å². The highest BCUT2D eigenvalue weighted by molar-refractivity contribution is 6.04. The fraction of sp³-hybridized carbons (Fsp3) is 0.263. The van der Waals surface area contributed by atoms with E-state index in [9.17, 15) is 4.79 Å². The van der Waals surface area contributed by atoms with Gasteiger partial charge in [-0.15, -0.1) is 0 Å². The van der Waals surface area contributed by atoms with Gasteiger partial charge in [0.1, 0.15) is 0 Å². The molecule has 124 valence electrons. The van der Waals surface area contributed by atoms with Crippen LogP contribution in [0.15, 0.2) is 42.5 Å². The van der Waals surface area contributed by atoms with Gasteiger partial charge in [0.05, 0.1) is 5.52 Å². The van der Waals surface area contributed by atoms with Gasteiger partial charge in [0.15, 0.2) is 5.69 Å². The van der Waals surface area contributed by atoms with Crippen LogP contribution < -0.4 is 4.90 Å². The van der Waals surface area contributed by atoms with Crippen molar-refractivity contribution in [3.8, 4) is 0 Å². The predicted octanol–water partition coefficient (Wildman–Crippen LogP) is 3.21. The Labute approximate surface area is 141 Å². The first-order valence-electron chi connectivity index (χ1n) is 7.92. The Balaban J connectivity index is 1.79. The maximum Gasteiger partial charge on any atom is 0.275 e. The molecule has 3 aromatic rings. The molecule has 1 heterocycles. The smallest absolute Gasteiger partial charge is 0.275 e. The lowest BCUT2D eigenvalue weighted by Gasteiger charge is -2.17. The lowest BCUT2D eigenvalue weighted by Crippen LogP contribution is -2.26. The highest BCUT2D eigenvalue weighted by Gasteiger charge is 2.18. The standard InChI is InChI=1S/C19H22N4O/c1-13-5-10-17-16(11-13)18(21-20-17)19(24)23(4)12-14-6-8-15(9-7-14)22(2)3/h5-11H,12H2,1-4H3,(H,20,21). The van der Waals surface area contributed by atoms with E-state index in [2.05, 4.69) is 27.2 Å². The maximum absolute atomic E-state index is 12.7. The third-order valence-electron chi connectivity index (χ3n) is 4.14. The van der Waals surface area contributed by atoms with E-state index in [1.165, 1.54) is 0 Å². The molecular formula is C19H22N4O. The number of amides is 1. The third-order valence-corrected chi connectivity index (χ3v) is 4.14. The maximum atomic E-state index is 12.7. The van der Waals surface area contributed by atoms with Crippen LogP contribution in [0.5, 0.6) is 0 Å². The first-order chi connectivity index (χ1) is 11.5. The monoisotopic (exact) mass is 322 g/mol. The van der Waals surface area contributed by atoms with Crippen LogP contribution >= 0.6 is 0 Å². The van der Waals surface area contributed by atoms with Crippen LogP contribution in [0, 0.1) is 6.92 Å². The summed E-state index contributed by atoms with van der Waals surface area (Å²) < 4.78 is 0. The summed E-state index contributed by atoms with van der Waals surface area (Å²) in [7, 11) is 5.82. The van der Waals surface area contributed by atoms with Crippen molar-refractivity contribution in [2.24, 2.45) is 0 Å². The van der Waals surface area contributed by atoms with Crippen LogP contribution in [0.1, 0.15) is 21.6 Å². The first kappa shape index (κ1) is 16.1. The second-order valence-corrected chi connectivity index (χ2v) is 6.34. The number of anilines is 1. The molecule has 0 atom stereocenters. The largest absolute Gasteiger partial charge is 0.378 e. The molecule has 2 aromatic carbocycles. The first-order valence-corrected chi connectivity index (χ1v) is 7.92. The Morgan fingerprint density at radius 2 is 1.79 bits per heavy atom. The summed E-state index contributed by atoms with van der Waals surface area (Å²) in [6.45, 7) is 2.56. The number of benzene rings is 2. The molecule has 0 aliphatic heterocycles. The molecule has 5 nitrogen and oxygen atoms in total. The van der Waals surface area contributed by atoms with Gasteiger partial charge in [0.2, 0.25) is 0 Å². The number of nitrogens with one attached hydrogen (secondary N) is 1. The third kappa shape index (κ3) is 3.11. The topological polar surface area (TPSA) is 52.2 Å². The minimum atomic E-state index is -0.0801. The van der Waals surface area contributed by atoms with Crippen molar-refractivity contribution in [1.82, 2.24) is 15.1 Å². The molecule has 0 aliphatic rings. The fourth-order valence-electron chi connectivity index (χ4n) is 2.72. The molecule has 0 saturated carbocycles. The molecule has 1 N–H and O–H groups in total. The molecule has 0 unspecified atom stereocenters. The van der Waals surface area contributed by atoms with E-state index in [1.54, 1.807) is 11.9 Å². The zero-order chi connectivity index (χ0) is 17.3. The SMILES string of the molecule is Cc1ccc2[nH]nc(C(=O)N(C)Cc3ccc(N(C)C)cc3)c2c1. The Bertz CT molecular complexity index is 865. The Hall–Kier alpha value is -2.82. The Morgan fingerprint density at radius 1 is 1.08 bits per heavy atom. The van der Waals surface area contributed by atoms with Gasteiger partial charge in [-0.1, -0.05) is 23.8 Å². The number of hydrogen-bond donors (Lipinski definition) is 1. The lowest BCUT2D eigenvalue weighted by molar-refractivity contribution is 0.0781. The summed E-state index contributed by atoms with van der Waals surface area (Å²) >= 11 is 0. The second-order valence-electron chi connectivity index (χ2n) is 6.34. The van der Waals surface area contributed by atoms with Gasteiger partial charge in [-0.05, 0) is 36.8 Å². The Kier molecular flexibility index (Phi) is 4.25. The second kappa shape index (κ2) is 6.35. The van der Waals surface area contributed by atoms with Crippen LogP contribution in [-0.4, -0.2) is 42.1 Å². The van der Waals surface area contributed by atoms with E-state index < -0.39 is 0 Å². The van der Waals surface area contributed by atoms with Gasteiger partial charge in [-0.2, -0.15) is 5.10 Å². The molecular weight excluding hydrogens is 300 g/mol. The number of H-pyrrole nitrogens is 1. The van der Waals surface area contributed by atoms with Crippen molar-refractivity contribution in [3.05, 3.63) is 59.3 Å². The molecule has 0 saturated heterocycles. The number of aromatic amines is 1. The molecule has 0 spiro atoms. The molecule has 5 heteroatoms. The zero-order valence-electron chi connectivity index (χ0n) is 14.5. The zero-order valence-corrected chi connectivity index (χ0v) is 14.5. The van der Waals surface area contributed by atoms with Crippen molar-refractivity contribution in [3.63, 3.8) is 0 Å². The predicted molar refractivity (Wildman–Crippen MR) is 97.4 cm³/mol. The highest BCUT2D eigenvalue weighted by atomic mass is 16.2. The summed E-state index contributed by atoms with van der Waals surface area (Å²) in [6, 6.07) is 14.2. The number of hydrogen-bond acceptors (Lipinski definition) is 3. The van der Waals surface area contributed by atoms with Crippen LogP contribution in [0.4, 0.5) is 5.69 Å². The number of carbonyl (C=O) groups is 1. The van der Waals surface area contributed by atoms with Gasteiger partial charge >= 0.3 is 0 Å². The molecule has 3 rings (SSSR count). The average molecular weight is 322 g/mol. The fourth-order valence-corrected chi connectivity index (χ4v) is 2.72. The van der Waals surface area contributed by atoms with Crippen LogP contribution in [-0.2, 0) is 6.54 Å². The minimum absolute atomic E-state index is 0.0801. The van der Waals surface area contributed by atoms with E-state index in [0.29, 0.717) is 12.2 Å². The van der Waals surface area contributed by atoms with Gasteiger partial charge in [-0.25, -0.2) is 0 Å². The number of aromatic nitrogens is 2. The van der Waals surface area contributed by atoms with E-state index in [0.717, 1.165) is 27.7 Å². The molecule has 0 fully saturated rings. The summed E-state index contributed by atoms with van der Waals surface area (Å²) in [4.78, 5) is 16.5. The summed E-state index contributed by atoms with van der Waals surface area (Å²) in [5, 5.41) is 8.02. The van der Waals surface area contributed by atoms with Crippen molar-refractivity contribution in [2.45, 2.75) is 13.5 Å². The normalized spacial score (nSPS) is 10.8. The Morgan fingerprint density at radius 3 is 2.46 bits per heavy atom. The van der Waals surface area contributed by atoms with Crippen molar-refractivity contribution >= 4 is 22.5 Å². The summed E-state index contributed by atoms with van der Waals surface area (Å²) in [6.07, 6.45) is 0. The summed E-state index contributed by atoms with van der Waals surface area (Å²) in [5.41, 5.74) is 4.70. The van der Waals surface area contributed by atoms with Gasteiger partial charge in [0, 0.05) is 38.8 Å². The molecule has 1 amide bonds. The van der Waals surface area contributed by atoms with Gasteiger partial charge in [0.25, 0.3) is 5.91 Å². The molecule has 0 radical (unpaired) electrons. The number of aryl methyl sites for hydroxylation is 1. The minimum Gasteiger partial charge on any atom is -0.378 e. The molecule has 1 aromatic heterocycles. The number of carbonyl (C=O) groups excluding carboxylic acids is 1. The van der Waals surface area contributed by atoms with Crippen LogP contribution in [0.25, 0.3) is 10.9 Å². The van der Waals surface area contributed by atoms with E-state index >= 15 is 0 Å². The molecule has 0 bridgehead atoms. The van der Waals surface area contributed by atoms with E-state index in [4.69, 9.17) is 0 Å². The van der Waals surface area contributed by atoms with E-state index in [1.807, 2.05) is 51.4 Å². The van der Waals surface area contributed by atoms with Gasteiger partial charge in [-0.3, -0.25) is 9.89 Å². The van der Waals surface area contributed by atoms with Crippen molar-refractivity contribution in [1.29, 1.82) is 0 Å². The molecule has 24 heavy (non-hydrogen) atoms. The quantitative estimate of drug-likeness (QED) is 0.802. The van der Waals surface area contributed by atoms with Crippen LogP contribution in [0.3, 0.4) is 0 Å². The van der Waals surface area contributed by atoms with Crippen molar-refractivity contribution < 1.29 is 4.79 Å². The molecule has 0 aliphatic carbocycles. The van der Waals surface area contributed by atoms with Gasteiger partial charge < -0.3 is 9.80 Å². The average Bonchev–Trinajstić information content (AvgIpc) is 2.97. The number of fused-ring (bicyclic) bond motifs is 1. The van der Waals surface area contributed by atoms with E-state index in [-0.39, 0.29) is 5.91 Å². The highest BCUT2D eigenvalue weighted by Crippen LogP contribution is 2.20. The summed E-state index contributed by atoms with van der Waals surface area (Å²) in [5.74, 6) is -0.0801. The number of nitrogens with zero attached hydrogens (tertiary/aromatic N) is 3. The van der Waals surface area contributed by atoms with Crippen molar-refractivity contribution in [2.75, 3.05) is 26.0 Å². The lowest BCUT2D eigenvalue weighted by atomic mass is 10.1. The number of rotatable bonds is 4.